The maximum Gasteiger partial charge on any atom is 0.0784 e. The van der Waals surface area contributed by atoms with Crippen molar-refractivity contribution in [1.29, 1.82) is 0 Å². The van der Waals surface area contributed by atoms with E-state index in [1.54, 1.807) is 0 Å². The van der Waals surface area contributed by atoms with Gasteiger partial charge < -0.3 is 4.48 Å². The summed E-state index contributed by atoms with van der Waals surface area (Å²) in [5, 5.41) is 0. The topological polar surface area (TPSA) is 0 Å². The highest BCUT2D eigenvalue weighted by molar-refractivity contribution is 4.51. The van der Waals surface area contributed by atoms with Gasteiger partial charge in [-0.3, -0.25) is 0 Å². The van der Waals surface area contributed by atoms with Gasteiger partial charge in [-0.1, -0.05) is 117 Å². The molecule has 0 saturated carbocycles. The largest absolute Gasteiger partial charge is 0.326 e. The Morgan fingerprint density at radius 1 is 0.310 bits per heavy atom. The molecular weight excluding hydrogens is 350 g/mol. The molecule has 0 aromatic heterocycles. The van der Waals surface area contributed by atoms with E-state index in [2.05, 4.69) is 27.8 Å². The summed E-state index contributed by atoms with van der Waals surface area (Å²) in [6, 6.07) is 0. The van der Waals surface area contributed by atoms with Crippen molar-refractivity contribution in [3.8, 4) is 0 Å². The summed E-state index contributed by atoms with van der Waals surface area (Å²) in [4.78, 5) is 0. The van der Waals surface area contributed by atoms with Gasteiger partial charge in [-0.05, 0) is 38.5 Å². The van der Waals surface area contributed by atoms with Crippen LogP contribution in [-0.4, -0.2) is 31.2 Å². The molecule has 1 nitrogen and oxygen atoms in total. The van der Waals surface area contributed by atoms with Crippen LogP contribution in [0.4, 0.5) is 0 Å². The second-order valence-corrected chi connectivity index (χ2v) is 10.2. The minimum atomic E-state index is 1.36. The van der Waals surface area contributed by atoms with Crippen molar-refractivity contribution in [1.82, 2.24) is 0 Å². The van der Waals surface area contributed by atoms with E-state index < -0.39 is 0 Å². The molecule has 0 N–H and O–H groups in total. The van der Waals surface area contributed by atoms with Crippen LogP contribution in [0.5, 0.6) is 0 Å². The minimum Gasteiger partial charge on any atom is -0.326 e. The third-order valence-electron chi connectivity index (χ3n) is 6.90. The van der Waals surface area contributed by atoms with Crippen molar-refractivity contribution in [2.75, 3.05) is 26.7 Å². The van der Waals surface area contributed by atoms with Crippen molar-refractivity contribution < 1.29 is 4.48 Å². The molecular formula is C28H60N+. The average molecular weight is 411 g/mol. The van der Waals surface area contributed by atoms with Gasteiger partial charge in [0.1, 0.15) is 0 Å². The minimum absolute atomic E-state index is 1.36. The molecule has 0 aliphatic carbocycles. The Kier molecular flexibility index (Phi) is 22.6. The van der Waals surface area contributed by atoms with E-state index in [0.29, 0.717) is 0 Å². The van der Waals surface area contributed by atoms with Gasteiger partial charge >= 0.3 is 0 Å². The number of nitrogens with zero attached hydrogens (tertiary/aromatic N) is 1. The Labute approximate surface area is 187 Å². The number of hydrogen-bond donors (Lipinski definition) is 0. The summed E-state index contributed by atoms with van der Waals surface area (Å²) >= 11 is 0. The Balaban J connectivity index is 4.02. The third kappa shape index (κ3) is 21.0. The lowest BCUT2D eigenvalue weighted by Crippen LogP contribution is -2.46. The van der Waals surface area contributed by atoms with Gasteiger partial charge in [0.2, 0.25) is 0 Å². The summed E-state index contributed by atoms with van der Waals surface area (Å²) in [6.07, 6.45) is 30.3. The van der Waals surface area contributed by atoms with Gasteiger partial charge in [0.15, 0.2) is 0 Å². The predicted molar refractivity (Wildman–Crippen MR) is 135 cm³/mol. The Bertz CT molecular complexity index is 301. The fourth-order valence-electron chi connectivity index (χ4n) is 4.69. The molecule has 0 bridgehead atoms. The fraction of sp³-hybridized carbons (Fsp3) is 1.00. The lowest BCUT2D eigenvalue weighted by atomic mass is 10.1. The second-order valence-electron chi connectivity index (χ2n) is 10.2. The predicted octanol–water partition coefficient (Wildman–Crippen LogP) is 9.68. The Hall–Kier alpha value is -0.0400. The van der Waals surface area contributed by atoms with Gasteiger partial charge in [-0.25, -0.2) is 0 Å². The van der Waals surface area contributed by atoms with E-state index >= 15 is 0 Å². The third-order valence-corrected chi connectivity index (χ3v) is 6.90. The smallest absolute Gasteiger partial charge is 0.0784 e. The normalized spacial score (nSPS) is 13.7. The highest BCUT2D eigenvalue weighted by Crippen LogP contribution is 2.16. The summed E-state index contributed by atoms with van der Waals surface area (Å²) in [7, 11) is 2.57. The average Bonchev–Trinajstić information content (AvgIpc) is 2.72. The van der Waals surface area contributed by atoms with Crippen molar-refractivity contribution in [3.05, 3.63) is 0 Å². The van der Waals surface area contributed by atoms with Crippen molar-refractivity contribution in [3.63, 3.8) is 0 Å². The van der Waals surface area contributed by atoms with Crippen LogP contribution < -0.4 is 0 Å². The molecule has 0 aliphatic rings. The summed E-state index contributed by atoms with van der Waals surface area (Å²) in [6.45, 7) is 11.2. The molecule has 0 radical (unpaired) electrons. The van der Waals surface area contributed by atoms with E-state index in [9.17, 15) is 0 Å². The standard InChI is InChI=1S/C28H60N/c1-5-8-11-14-17-19-22-25-28-29(4,26-23-20-16-13-10-7-3)27-24-21-18-15-12-9-6-2/h5-28H2,1-4H3/q+1. The molecule has 1 unspecified atom stereocenters. The highest BCUT2D eigenvalue weighted by Gasteiger charge is 2.20. The molecule has 0 heterocycles. The van der Waals surface area contributed by atoms with Crippen LogP contribution in [0.2, 0.25) is 0 Å². The van der Waals surface area contributed by atoms with Crippen molar-refractivity contribution >= 4 is 0 Å². The van der Waals surface area contributed by atoms with Crippen LogP contribution >= 0.6 is 0 Å². The Morgan fingerprint density at radius 2 is 0.517 bits per heavy atom. The molecule has 0 aromatic carbocycles. The lowest BCUT2D eigenvalue weighted by Gasteiger charge is -2.35. The van der Waals surface area contributed by atoms with Crippen LogP contribution in [0.25, 0.3) is 0 Å². The van der Waals surface area contributed by atoms with Gasteiger partial charge in [-0.15, -0.1) is 0 Å². The van der Waals surface area contributed by atoms with Crippen molar-refractivity contribution in [2.45, 2.75) is 156 Å². The quantitative estimate of drug-likeness (QED) is 0.110. The lowest BCUT2D eigenvalue weighted by molar-refractivity contribution is -0.910. The number of unbranched alkanes of at least 4 members (excludes halogenated alkanes) is 18. The van der Waals surface area contributed by atoms with E-state index in [1.165, 1.54) is 159 Å². The van der Waals surface area contributed by atoms with Crippen molar-refractivity contribution in [2.24, 2.45) is 0 Å². The fourth-order valence-corrected chi connectivity index (χ4v) is 4.69. The molecule has 176 valence electrons. The molecule has 0 aliphatic heterocycles. The first-order chi connectivity index (χ1) is 14.2. The van der Waals surface area contributed by atoms with Gasteiger partial charge in [0.05, 0.1) is 26.7 Å². The van der Waals surface area contributed by atoms with Crippen LogP contribution in [0, 0.1) is 0 Å². The van der Waals surface area contributed by atoms with E-state index in [4.69, 9.17) is 0 Å². The van der Waals surface area contributed by atoms with E-state index in [0.717, 1.165) is 0 Å². The van der Waals surface area contributed by atoms with E-state index in [1.807, 2.05) is 0 Å². The first-order valence-corrected chi connectivity index (χ1v) is 14.0. The zero-order chi connectivity index (χ0) is 21.5. The summed E-state index contributed by atoms with van der Waals surface area (Å²) < 4.78 is 1.36. The monoisotopic (exact) mass is 410 g/mol. The molecule has 0 saturated heterocycles. The molecule has 0 aromatic rings. The highest BCUT2D eigenvalue weighted by atomic mass is 15.3. The number of rotatable bonds is 24. The summed E-state index contributed by atoms with van der Waals surface area (Å²) in [5.74, 6) is 0. The molecule has 29 heavy (non-hydrogen) atoms. The van der Waals surface area contributed by atoms with Gasteiger partial charge in [0, 0.05) is 0 Å². The Morgan fingerprint density at radius 3 is 0.759 bits per heavy atom. The SMILES string of the molecule is CCCCCCCCCC[N+](C)(CCCCCCCC)CCCCCCCCC. The molecule has 0 amide bonds. The van der Waals surface area contributed by atoms with Crippen LogP contribution in [0.3, 0.4) is 0 Å². The number of quaternary nitrogens is 1. The molecule has 0 fully saturated rings. The molecule has 0 rings (SSSR count). The maximum absolute atomic E-state index is 2.57. The first-order valence-electron chi connectivity index (χ1n) is 14.0. The zero-order valence-electron chi connectivity index (χ0n) is 21.4. The zero-order valence-corrected chi connectivity index (χ0v) is 21.4. The van der Waals surface area contributed by atoms with Crippen LogP contribution in [0.1, 0.15) is 156 Å². The van der Waals surface area contributed by atoms with Gasteiger partial charge in [0.25, 0.3) is 0 Å². The van der Waals surface area contributed by atoms with E-state index in [-0.39, 0.29) is 0 Å². The first kappa shape index (κ1) is 29.0. The maximum atomic E-state index is 2.57. The molecule has 1 heteroatoms. The number of hydrogen-bond acceptors (Lipinski definition) is 0. The van der Waals surface area contributed by atoms with Gasteiger partial charge in [-0.2, -0.15) is 0 Å². The second kappa shape index (κ2) is 22.6. The summed E-state index contributed by atoms with van der Waals surface area (Å²) in [5.41, 5.74) is 0. The molecule has 1 atom stereocenters. The van der Waals surface area contributed by atoms with Crippen LogP contribution in [0.15, 0.2) is 0 Å². The van der Waals surface area contributed by atoms with Crippen LogP contribution in [-0.2, 0) is 0 Å². The molecule has 0 spiro atoms.